The number of hydrogen-bond donors (Lipinski definition) is 1. The van der Waals surface area contributed by atoms with Crippen molar-refractivity contribution >= 4 is 24.6 Å². The monoisotopic (exact) mass is 527 g/mol. The Morgan fingerprint density at radius 1 is 0.838 bits per heavy atom. The molecule has 37 heavy (non-hydrogen) atoms. The standard InChI is InChI=1S/C30H36F3NO2Si/c1-23(20-25(34-28(35)30(31,32)33)21-24-14-8-5-9-15-24)22-36-37(29(2,3)4,26-16-10-6-11-17-26)27-18-12-7-13-19-27/h5-19,23,25H,20-22H2,1-4H3,(H,34,35)/t23-,25-/m1/s1. The molecule has 0 radical (unpaired) electrons. The highest BCUT2D eigenvalue weighted by Crippen LogP contribution is 2.37. The molecular formula is C30H36F3NO2Si. The molecule has 7 heteroatoms. The Morgan fingerprint density at radius 2 is 1.30 bits per heavy atom. The van der Waals surface area contributed by atoms with Crippen LogP contribution in [0.5, 0.6) is 0 Å². The molecule has 0 fully saturated rings. The maximum Gasteiger partial charge on any atom is 0.471 e. The van der Waals surface area contributed by atoms with E-state index in [2.05, 4.69) is 50.4 Å². The van der Waals surface area contributed by atoms with Crippen molar-refractivity contribution in [3.63, 3.8) is 0 Å². The van der Waals surface area contributed by atoms with Crippen molar-refractivity contribution in [2.24, 2.45) is 5.92 Å². The van der Waals surface area contributed by atoms with Gasteiger partial charge in [-0.05, 0) is 39.7 Å². The van der Waals surface area contributed by atoms with Crippen molar-refractivity contribution < 1.29 is 22.4 Å². The van der Waals surface area contributed by atoms with Crippen molar-refractivity contribution in [3.05, 3.63) is 96.6 Å². The predicted octanol–water partition coefficient (Wildman–Crippen LogP) is 5.88. The van der Waals surface area contributed by atoms with Crippen LogP contribution < -0.4 is 15.7 Å². The van der Waals surface area contributed by atoms with Crippen LogP contribution in [0, 0.1) is 5.92 Å². The fourth-order valence-electron chi connectivity index (χ4n) is 4.94. The average molecular weight is 528 g/mol. The quantitative estimate of drug-likeness (QED) is 0.335. The van der Waals surface area contributed by atoms with Gasteiger partial charge in [-0.1, -0.05) is 119 Å². The molecule has 0 saturated carbocycles. The molecule has 3 nitrogen and oxygen atoms in total. The Hall–Kier alpha value is -2.90. The molecule has 198 valence electrons. The van der Waals surface area contributed by atoms with Crippen LogP contribution in [0.25, 0.3) is 0 Å². The van der Waals surface area contributed by atoms with Gasteiger partial charge in [0, 0.05) is 12.6 Å². The summed E-state index contributed by atoms with van der Waals surface area (Å²) in [6, 6.07) is 29.0. The first-order chi connectivity index (χ1) is 17.4. The van der Waals surface area contributed by atoms with Crippen LogP contribution in [0.3, 0.4) is 0 Å². The molecule has 0 bridgehead atoms. The minimum atomic E-state index is -4.93. The molecule has 0 aliphatic rings. The van der Waals surface area contributed by atoms with E-state index in [9.17, 15) is 18.0 Å². The first kappa shape index (κ1) is 28.7. The first-order valence-electron chi connectivity index (χ1n) is 12.6. The smallest absolute Gasteiger partial charge is 0.407 e. The third kappa shape index (κ3) is 7.33. The summed E-state index contributed by atoms with van der Waals surface area (Å²) in [5, 5.41) is 4.30. The highest BCUT2D eigenvalue weighted by molar-refractivity contribution is 6.99. The number of rotatable bonds is 10. The first-order valence-corrected chi connectivity index (χ1v) is 14.5. The number of nitrogens with one attached hydrogen (secondary N) is 1. The number of alkyl halides is 3. The van der Waals surface area contributed by atoms with Gasteiger partial charge in [-0.2, -0.15) is 13.2 Å². The minimum absolute atomic E-state index is 0.0936. The summed E-state index contributed by atoms with van der Waals surface area (Å²) in [7, 11) is -2.77. The third-order valence-corrected chi connectivity index (χ3v) is 11.6. The van der Waals surface area contributed by atoms with Gasteiger partial charge in [0.05, 0.1) is 0 Å². The second kappa shape index (κ2) is 12.1. The van der Waals surface area contributed by atoms with Crippen molar-refractivity contribution in [1.29, 1.82) is 0 Å². The summed E-state index contributed by atoms with van der Waals surface area (Å²) in [5.41, 5.74) is 0.870. The van der Waals surface area contributed by atoms with Crippen LogP contribution in [-0.4, -0.2) is 33.0 Å². The van der Waals surface area contributed by atoms with E-state index in [1.165, 1.54) is 0 Å². The Labute approximate surface area is 219 Å². The SMILES string of the molecule is C[C@@H](CO[Si](c1ccccc1)(c1ccccc1)C(C)(C)C)C[C@H](Cc1ccccc1)NC(=O)C(F)(F)F. The van der Waals surface area contributed by atoms with Gasteiger partial charge in [0.25, 0.3) is 8.32 Å². The Kier molecular flexibility index (Phi) is 9.37. The van der Waals surface area contributed by atoms with E-state index in [0.717, 1.165) is 15.9 Å². The van der Waals surface area contributed by atoms with Gasteiger partial charge in [-0.25, -0.2) is 0 Å². The molecule has 0 unspecified atom stereocenters. The highest BCUT2D eigenvalue weighted by Gasteiger charge is 2.50. The normalized spacial score (nSPS) is 14.1. The minimum Gasteiger partial charge on any atom is -0.407 e. The fraction of sp³-hybridized carbons (Fsp3) is 0.367. The van der Waals surface area contributed by atoms with Crippen LogP contribution in [0.1, 0.15) is 39.7 Å². The van der Waals surface area contributed by atoms with Crippen molar-refractivity contribution in [2.45, 2.75) is 57.8 Å². The van der Waals surface area contributed by atoms with Gasteiger partial charge in [0.15, 0.2) is 0 Å². The van der Waals surface area contributed by atoms with Crippen LogP contribution >= 0.6 is 0 Å². The van der Waals surface area contributed by atoms with E-state index in [-0.39, 0.29) is 11.0 Å². The maximum atomic E-state index is 13.1. The second-order valence-corrected chi connectivity index (χ2v) is 15.0. The predicted molar refractivity (Wildman–Crippen MR) is 145 cm³/mol. The summed E-state index contributed by atoms with van der Waals surface area (Å²) in [6.07, 6.45) is -4.26. The summed E-state index contributed by atoms with van der Waals surface area (Å²) in [6.45, 7) is 8.89. The molecule has 1 N–H and O–H groups in total. The lowest BCUT2D eigenvalue weighted by atomic mass is 9.96. The Balaban J connectivity index is 1.86. The molecular weight excluding hydrogens is 491 g/mol. The van der Waals surface area contributed by atoms with Crippen LogP contribution in [0.15, 0.2) is 91.0 Å². The van der Waals surface area contributed by atoms with E-state index in [4.69, 9.17) is 4.43 Å². The second-order valence-electron chi connectivity index (χ2n) is 10.7. The molecule has 1 amide bonds. The van der Waals surface area contributed by atoms with Crippen LogP contribution in [0.4, 0.5) is 13.2 Å². The molecule has 2 atom stereocenters. The number of carbonyl (C=O) groups is 1. The average Bonchev–Trinajstić information content (AvgIpc) is 2.85. The molecule has 0 saturated heterocycles. The van der Waals surface area contributed by atoms with Crippen LogP contribution in [0.2, 0.25) is 5.04 Å². The summed E-state index contributed by atoms with van der Waals surface area (Å²) in [4.78, 5) is 11.8. The summed E-state index contributed by atoms with van der Waals surface area (Å²) < 4.78 is 46.2. The summed E-state index contributed by atoms with van der Waals surface area (Å²) in [5.74, 6) is -2.00. The van der Waals surface area contributed by atoms with Crippen LogP contribution in [-0.2, 0) is 15.6 Å². The molecule has 3 aromatic rings. The molecule has 0 spiro atoms. The zero-order valence-electron chi connectivity index (χ0n) is 21.9. The lowest BCUT2D eigenvalue weighted by Crippen LogP contribution is -2.66. The Bertz CT molecular complexity index is 1080. The Morgan fingerprint density at radius 3 is 1.73 bits per heavy atom. The van der Waals surface area contributed by atoms with E-state index in [1.807, 2.05) is 73.7 Å². The number of benzene rings is 3. The molecule has 0 aliphatic heterocycles. The zero-order valence-corrected chi connectivity index (χ0v) is 22.9. The zero-order chi connectivity index (χ0) is 27.1. The number of carbonyl (C=O) groups excluding carboxylic acids is 1. The van der Waals surface area contributed by atoms with E-state index < -0.39 is 26.4 Å². The number of amides is 1. The molecule has 0 aromatic heterocycles. The van der Waals surface area contributed by atoms with Gasteiger partial charge < -0.3 is 9.74 Å². The maximum absolute atomic E-state index is 13.1. The van der Waals surface area contributed by atoms with Crippen molar-refractivity contribution in [1.82, 2.24) is 5.32 Å². The third-order valence-electron chi connectivity index (χ3n) is 6.61. The van der Waals surface area contributed by atoms with Crippen molar-refractivity contribution in [2.75, 3.05) is 6.61 Å². The van der Waals surface area contributed by atoms with E-state index >= 15 is 0 Å². The van der Waals surface area contributed by atoms with Gasteiger partial charge in [0.2, 0.25) is 0 Å². The fourth-order valence-corrected chi connectivity index (χ4v) is 9.63. The molecule has 0 heterocycles. The van der Waals surface area contributed by atoms with Gasteiger partial charge >= 0.3 is 12.1 Å². The number of halogens is 3. The van der Waals surface area contributed by atoms with E-state index in [1.54, 1.807) is 0 Å². The number of hydrogen-bond acceptors (Lipinski definition) is 2. The molecule has 3 aromatic carbocycles. The van der Waals surface area contributed by atoms with E-state index in [0.29, 0.717) is 19.4 Å². The molecule has 0 aliphatic carbocycles. The largest absolute Gasteiger partial charge is 0.471 e. The lowest BCUT2D eigenvalue weighted by Gasteiger charge is -2.43. The van der Waals surface area contributed by atoms with Gasteiger partial charge in [0.1, 0.15) is 0 Å². The van der Waals surface area contributed by atoms with Gasteiger partial charge in [-0.15, -0.1) is 0 Å². The highest BCUT2D eigenvalue weighted by atomic mass is 28.4. The van der Waals surface area contributed by atoms with Gasteiger partial charge in [-0.3, -0.25) is 4.79 Å². The lowest BCUT2D eigenvalue weighted by molar-refractivity contribution is -0.174. The summed E-state index contributed by atoms with van der Waals surface area (Å²) >= 11 is 0. The molecule has 3 rings (SSSR count). The van der Waals surface area contributed by atoms with Crippen molar-refractivity contribution in [3.8, 4) is 0 Å². The topological polar surface area (TPSA) is 38.3 Å².